The number of ether oxygens (including phenoxy) is 1. The number of pyridine rings is 1. The third-order valence-corrected chi connectivity index (χ3v) is 2.20. The van der Waals surface area contributed by atoms with Crippen LogP contribution >= 0.6 is 11.6 Å². The third kappa shape index (κ3) is 5.23. The Balaban J connectivity index is 2.67. The zero-order chi connectivity index (χ0) is 12.9. The van der Waals surface area contributed by atoms with E-state index in [1.54, 1.807) is 0 Å². The quantitative estimate of drug-likeness (QED) is 0.892. The summed E-state index contributed by atoms with van der Waals surface area (Å²) in [4.78, 5) is 3.67. The van der Waals surface area contributed by atoms with Crippen LogP contribution in [0.4, 0.5) is 13.2 Å². The van der Waals surface area contributed by atoms with Gasteiger partial charge in [-0.2, -0.15) is 13.2 Å². The van der Waals surface area contributed by atoms with Crippen molar-refractivity contribution in [3.05, 3.63) is 22.8 Å². The van der Waals surface area contributed by atoms with E-state index in [0.29, 0.717) is 17.1 Å². The highest BCUT2D eigenvalue weighted by molar-refractivity contribution is 6.31. The van der Waals surface area contributed by atoms with Crippen molar-refractivity contribution in [2.45, 2.75) is 19.6 Å². The van der Waals surface area contributed by atoms with E-state index in [1.165, 1.54) is 12.3 Å². The van der Waals surface area contributed by atoms with Gasteiger partial charge in [-0.3, -0.25) is 0 Å². The van der Waals surface area contributed by atoms with E-state index >= 15 is 0 Å². The molecule has 0 aliphatic carbocycles. The number of aromatic nitrogens is 1. The maximum Gasteiger partial charge on any atom is 0.422 e. The standard InChI is InChI=1S/C10H12ClF3N2O/c1-2-15-4-7-3-9(16-5-8(7)11)17-6-10(12,13)14/h3,5,15H,2,4,6H2,1H3. The third-order valence-electron chi connectivity index (χ3n) is 1.86. The molecule has 0 unspecified atom stereocenters. The summed E-state index contributed by atoms with van der Waals surface area (Å²) in [7, 11) is 0. The van der Waals surface area contributed by atoms with E-state index in [0.717, 1.165) is 6.54 Å². The molecule has 0 fully saturated rings. The fourth-order valence-electron chi connectivity index (χ4n) is 1.09. The summed E-state index contributed by atoms with van der Waals surface area (Å²) in [5.74, 6) is -0.0837. The Labute approximate surface area is 102 Å². The average molecular weight is 269 g/mol. The van der Waals surface area contributed by atoms with E-state index in [9.17, 15) is 13.2 Å². The zero-order valence-corrected chi connectivity index (χ0v) is 9.90. The molecule has 17 heavy (non-hydrogen) atoms. The minimum Gasteiger partial charge on any atom is -0.468 e. The van der Waals surface area contributed by atoms with Crippen molar-refractivity contribution < 1.29 is 17.9 Å². The second-order valence-corrected chi connectivity index (χ2v) is 3.71. The Morgan fingerprint density at radius 1 is 1.47 bits per heavy atom. The van der Waals surface area contributed by atoms with Gasteiger partial charge in [0.15, 0.2) is 6.61 Å². The van der Waals surface area contributed by atoms with Crippen molar-refractivity contribution in [3.8, 4) is 5.88 Å². The molecule has 1 aromatic rings. The van der Waals surface area contributed by atoms with Gasteiger partial charge in [0, 0.05) is 18.8 Å². The normalized spacial score (nSPS) is 11.6. The largest absolute Gasteiger partial charge is 0.468 e. The molecule has 1 rings (SSSR count). The van der Waals surface area contributed by atoms with Gasteiger partial charge in [0.05, 0.1) is 5.02 Å². The average Bonchev–Trinajstić information content (AvgIpc) is 2.25. The van der Waals surface area contributed by atoms with Gasteiger partial charge >= 0.3 is 6.18 Å². The van der Waals surface area contributed by atoms with Crippen LogP contribution in [0.15, 0.2) is 12.3 Å². The molecular formula is C10H12ClF3N2O. The molecule has 0 saturated heterocycles. The number of halogens is 4. The summed E-state index contributed by atoms with van der Waals surface area (Å²) >= 11 is 5.84. The van der Waals surface area contributed by atoms with Gasteiger partial charge in [-0.1, -0.05) is 18.5 Å². The Morgan fingerprint density at radius 3 is 2.76 bits per heavy atom. The molecule has 0 spiro atoms. The lowest BCUT2D eigenvalue weighted by Gasteiger charge is -2.10. The van der Waals surface area contributed by atoms with Crippen LogP contribution in [0.3, 0.4) is 0 Å². The fraction of sp³-hybridized carbons (Fsp3) is 0.500. The summed E-state index contributed by atoms with van der Waals surface area (Å²) in [5, 5.41) is 3.41. The topological polar surface area (TPSA) is 34.1 Å². The van der Waals surface area contributed by atoms with Crippen LogP contribution in [0.2, 0.25) is 5.02 Å². The number of nitrogens with one attached hydrogen (secondary N) is 1. The number of rotatable bonds is 5. The summed E-state index contributed by atoms with van der Waals surface area (Å²) < 4.78 is 40.3. The molecule has 0 aliphatic rings. The molecule has 3 nitrogen and oxygen atoms in total. The van der Waals surface area contributed by atoms with Gasteiger partial charge < -0.3 is 10.1 Å². The van der Waals surface area contributed by atoms with Gasteiger partial charge in [-0.25, -0.2) is 4.98 Å². The lowest BCUT2D eigenvalue weighted by molar-refractivity contribution is -0.154. The first-order valence-electron chi connectivity index (χ1n) is 4.97. The molecular weight excluding hydrogens is 257 g/mol. The van der Waals surface area contributed by atoms with Crippen LogP contribution < -0.4 is 10.1 Å². The second-order valence-electron chi connectivity index (χ2n) is 3.30. The van der Waals surface area contributed by atoms with E-state index in [-0.39, 0.29) is 5.88 Å². The highest BCUT2D eigenvalue weighted by Crippen LogP contribution is 2.21. The van der Waals surface area contributed by atoms with E-state index in [1.807, 2.05) is 6.92 Å². The van der Waals surface area contributed by atoms with Crippen LogP contribution in [0, 0.1) is 0 Å². The lowest BCUT2D eigenvalue weighted by atomic mass is 10.2. The summed E-state index contributed by atoms with van der Waals surface area (Å²) in [5.41, 5.74) is 0.653. The number of hydrogen-bond donors (Lipinski definition) is 1. The molecule has 0 bridgehead atoms. The number of hydrogen-bond acceptors (Lipinski definition) is 3. The minimum absolute atomic E-state index is 0.0837. The van der Waals surface area contributed by atoms with Crippen molar-refractivity contribution >= 4 is 11.6 Å². The van der Waals surface area contributed by atoms with E-state index in [2.05, 4.69) is 15.0 Å². The van der Waals surface area contributed by atoms with Crippen LogP contribution in [0.5, 0.6) is 5.88 Å². The molecule has 0 amide bonds. The summed E-state index contributed by atoms with van der Waals surface area (Å²) in [6.45, 7) is 1.75. The lowest BCUT2D eigenvalue weighted by Crippen LogP contribution is -2.20. The van der Waals surface area contributed by atoms with Crippen LogP contribution in [0.1, 0.15) is 12.5 Å². The van der Waals surface area contributed by atoms with Crippen molar-refractivity contribution in [1.29, 1.82) is 0 Å². The molecule has 96 valence electrons. The van der Waals surface area contributed by atoms with Gasteiger partial charge in [0.25, 0.3) is 0 Å². The van der Waals surface area contributed by atoms with Gasteiger partial charge in [-0.05, 0) is 12.1 Å². The first-order valence-corrected chi connectivity index (χ1v) is 5.35. The molecule has 0 atom stereocenters. The maximum absolute atomic E-state index is 11.9. The van der Waals surface area contributed by atoms with Gasteiger partial charge in [-0.15, -0.1) is 0 Å². The molecule has 0 saturated carbocycles. The number of nitrogens with zero attached hydrogens (tertiary/aromatic N) is 1. The Kier molecular flexibility index (Phi) is 5.02. The Bertz CT molecular complexity index is 371. The van der Waals surface area contributed by atoms with Crippen molar-refractivity contribution in [3.63, 3.8) is 0 Å². The van der Waals surface area contributed by atoms with Crippen molar-refractivity contribution in [2.24, 2.45) is 0 Å². The molecule has 0 radical (unpaired) electrons. The first kappa shape index (κ1) is 14.1. The number of alkyl halides is 3. The smallest absolute Gasteiger partial charge is 0.422 e. The zero-order valence-electron chi connectivity index (χ0n) is 9.14. The van der Waals surface area contributed by atoms with Gasteiger partial charge in [0.1, 0.15) is 0 Å². The predicted molar refractivity (Wildman–Crippen MR) is 58.2 cm³/mol. The SMILES string of the molecule is CCNCc1cc(OCC(F)(F)F)ncc1Cl. The Hall–Kier alpha value is -1.01. The molecule has 0 aliphatic heterocycles. The molecule has 1 N–H and O–H groups in total. The fourth-order valence-corrected chi connectivity index (χ4v) is 1.26. The van der Waals surface area contributed by atoms with E-state index in [4.69, 9.17) is 11.6 Å². The Morgan fingerprint density at radius 2 is 2.18 bits per heavy atom. The minimum atomic E-state index is -4.37. The molecule has 1 aromatic heterocycles. The van der Waals surface area contributed by atoms with Crippen LogP contribution in [-0.4, -0.2) is 24.3 Å². The highest BCUT2D eigenvalue weighted by atomic mass is 35.5. The molecule has 7 heteroatoms. The van der Waals surface area contributed by atoms with Crippen molar-refractivity contribution in [1.82, 2.24) is 10.3 Å². The van der Waals surface area contributed by atoms with Crippen LogP contribution in [-0.2, 0) is 6.54 Å². The second kappa shape index (κ2) is 6.07. The monoisotopic (exact) mass is 268 g/mol. The van der Waals surface area contributed by atoms with Crippen LogP contribution in [0.25, 0.3) is 0 Å². The van der Waals surface area contributed by atoms with Gasteiger partial charge in [0.2, 0.25) is 5.88 Å². The first-order chi connectivity index (χ1) is 7.92. The van der Waals surface area contributed by atoms with E-state index < -0.39 is 12.8 Å². The summed E-state index contributed by atoms with van der Waals surface area (Å²) in [6, 6.07) is 1.40. The predicted octanol–water partition coefficient (Wildman–Crippen LogP) is 2.79. The maximum atomic E-state index is 11.9. The molecule has 1 heterocycles. The highest BCUT2D eigenvalue weighted by Gasteiger charge is 2.28. The summed E-state index contributed by atoms with van der Waals surface area (Å²) in [6.07, 6.45) is -3.09. The molecule has 0 aromatic carbocycles. The van der Waals surface area contributed by atoms with Crippen molar-refractivity contribution in [2.75, 3.05) is 13.2 Å².